The summed E-state index contributed by atoms with van der Waals surface area (Å²) in [6, 6.07) is 0. The first-order chi connectivity index (χ1) is 9.07. The van der Waals surface area contributed by atoms with Crippen LogP contribution in [-0.4, -0.2) is 23.2 Å². The minimum Gasteiger partial charge on any atom is -0.544 e. The summed E-state index contributed by atoms with van der Waals surface area (Å²) in [4.78, 5) is 0. The summed E-state index contributed by atoms with van der Waals surface area (Å²) >= 11 is 0. The number of rotatable bonds is 9. The Morgan fingerprint density at radius 3 is 1.95 bits per heavy atom. The van der Waals surface area contributed by atoms with E-state index in [0.717, 1.165) is 12.2 Å². The molecule has 5 heteroatoms. The molecule has 0 amide bonds. The summed E-state index contributed by atoms with van der Waals surface area (Å²) in [5.74, 6) is 1.37. The third-order valence-corrected chi connectivity index (χ3v) is 3.52. The normalized spacial score (nSPS) is 13.9. The van der Waals surface area contributed by atoms with E-state index >= 15 is 0 Å². The fourth-order valence-electron chi connectivity index (χ4n) is 1.34. The topological polar surface area (TPSA) is 27.7 Å². The second kappa shape index (κ2) is 8.36. The van der Waals surface area contributed by atoms with Gasteiger partial charge in [-0.05, 0) is 58.7 Å². The maximum Gasteiger partial charge on any atom is 0.268 e. The predicted molar refractivity (Wildman–Crippen MR) is 91.5 cm³/mol. The average Bonchev–Trinajstić information content (AvgIpc) is 2.21. The minimum atomic E-state index is -1.70. The van der Waals surface area contributed by atoms with Crippen molar-refractivity contribution in [3.8, 4) is 0 Å². The Morgan fingerprint density at radius 2 is 1.55 bits per heavy atom. The standard InChI is InChI=1S/C15H30O3Si2/c1-9-11-12-14(17-19(3,4)5)13-15(16-10-2)18-20(6,7)8/h9,12-13H,1,10-11H2,2-8H3/b14-12-,15-13-. The molecule has 3 nitrogen and oxygen atoms in total. The van der Waals surface area contributed by atoms with Gasteiger partial charge in [0.2, 0.25) is 16.6 Å². The van der Waals surface area contributed by atoms with Crippen molar-refractivity contribution >= 4 is 16.6 Å². The fraction of sp³-hybridized carbons (Fsp3) is 0.600. The smallest absolute Gasteiger partial charge is 0.268 e. The van der Waals surface area contributed by atoms with Gasteiger partial charge in [0.05, 0.1) is 12.7 Å². The van der Waals surface area contributed by atoms with Gasteiger partial charge in [-0.15, -0.1) is 6.58 Å². The van der Waals surface area contributed by atoms with Gasteiger partial charge in [0.15, 0.2) is 0 Å². The third kappa shape index (κ3) is 10.9. The van der Waals surface area contributed by atoms with E-state index in [4.69, 9.17) is 13.6 Å². The highest BCUT2D eigenvalue weighted by molar-refractivity contribution is 6.70. The van der Waals surface area contributed by atoms with Crippen molar-refractivity contribution in [1.29, 1.82) is 0 Å². The second-order valence-electron chi connectivity index (χ2n) is 6.46. The van der Waals surface area contributed by atoms with Gasteiger partial charge >= 0.3 is 0 Å². The highest BCUT2D eigenvalue weighted by Crippen LogP contribution is 2.18. The zero-order valence-electron chi connectivity index (χ0n) is 14.1. The van der Waals surface area contributed by atoms with E-state index in [1.807, 2.05) is 25.2 Å². The molecule has 0 aliphatic rings. The maximum absolute atomic E-state index is 6.06. The zero-order chi connectivity index (χ0) is 15.8. The van der Waals surface area contributed by atoms with Gasteiger partial charge < -0.3 is 13.6 Å². The highest BCUT2D eigenvalue weighted by Gasteiger charge is 2.21. The largest absolute Gasteiger partial charge is 0.544 e. The van der Waals surface area contributed by atoms with Gasteiger partial charge in [-0.25, -0.2) is 0 Å². The van der Waals surface area contributed by atoms with E-state index in [1.54, 1.807) is 0 Å². The Kier molecular flexibility index (Phi) is 7.97. The molecule has 0 aromatic heterocycles. The molecule has 0 unspecified atom stereocenters. The van der Waals surface area contributed by atoms with Gasteiger partial charge in [0.1, 0.15) is 5.76 Å². The molecule has 0 aromatic rings. The van der Waals surface area contributed by atoms with E-state index in [2.05, 4.69) is 45.9 Å². The molecule has 0 saturated heterocycles. The summed E-state index contributed by atoms with van der Waals surface area (Å²) in [6.07, 6.45) is 6.49. The van der Waals surface area contributed by atoms with Crippen molar-refractivity contribution in [2.24, 2.45) is 0 Å². The molecule has 0 fully saturated rings. The van der Waals surface area contributed by atoms with Crippen molar-refractivity contribution in [1.82, 2.24) is 0 Å². The van der Waals surface area contributed by atoms with Crippen LogP contribution in [0.4, 0.5) is 0 Å². The van der Waals surface area contributed by atoms with Crippen LogP contribution in [0, 0.1) is 0 Å². The lowest BCUT2D eigenvalue weighted by Crippen LogP contribution is -2.27. The van der Waals surface area contributed by atoms with E-state index in [1.165, 1.54) is 0 Å². The molecule has 0 saturated carbocycles. The van der Waals surface area contributed by atoms with Crippen LogP contribution < -0.4 is 0 Å². The molecule has 0 aliphatic carbocycles. The SMILES string of the molecule is C=CC/C=C(/C=C(/OCC)O[Si](C)(C)C)O[Si](C)(C)C. The first-order valence-electron chi connectivity index (χ1n) is 7.11. The lowest BCUT2D eigenvalue weighted by Gasteiger charge is -2.24. The van der Waals surface area contributed by atoms with E-state index in [-0.39, 0.29) is 0 Å². The molecule has 0 N–H and O–H groups in total. The molecule has 0 aliphatic heterocycles. The van der Waals surface area contributed by atoms with Crippen LogP contribution in [0.3, 0.4) is 0 Å². The summed E-state index contributed by atoms with van der Waals surface area (Å²) in [7, 11) is -3.36. The van der Waals surface area contributed by atoms with Crippen molar-refractivity contribution < 1.29 is 13.6 Å². The van der Waals surface area contributed by atoms with Crippen molar-refractivity contribution in [2.45, 2.75) is 52.6 Å². The first kappa shape index (κ1) is 19.1. The molecule has 0 aromatic carbocycles. The number of hydrogen-bond donors (Lipinski definition) is 0. The van der Waals surface area contributed by atoms with Gasteiger partial charge in [0.25, 0.3) is 5.95 Å². The average molecular weight is 315 g/mol. The van der Waals surface area contributed by atoms with Crippen LogP contribution in [0.15, 0.2) is 36.5 Å². The molecule has 20 heavy (non-hydrogen) atoms. The van der Waals surface area contributed by atoms with Crippen LogP contribution in [0.2, 0.25) is 39.3 Å². The molecule has 0 radical (unpaired) electrons. The molecule has 0 spiro atoms. The first-order valence-corrected chi connectivity index (χ1v) is 13.9. The Balaban J connectivity index is 5.19. The number of allylic oxidation sites excluding steroid dienone is 3. The van der Waals surface area contributed by atoms with Crippen LogP contribution in [0.25, 0.3) is 0 Å². The Hall–Kier alpha value is -0.946. The van der Waals surface area contributed by atoms with E-state index in [9.17, 15) is 0 Å². The monoisotopic (exact) mass is 314 g/mol. The maximum atomic E-state index is 6.06. The Bertz CT molecular complexity index is 360. The van der Waals surface area contributed by atoms with Crippen molar-refractivity contribution in [3.63, 3.8) is 0 Å². The van der Waals surface area contributed by atoms with Crippen LogP contribution in [0.5, 0.6) is 0 Å². The summed E-state index contributed by atoms with van der Waals surface area (Å²) in [5, 5.41) is 0. The number of ether oxygens (including phenoxy) is 1. The molecular formula is C15H30O3Si2. The van der Waals surface area contributed by atoms with Gasteiger partial charge in [-0.3, -0.25) is 0 Å². The molecule has 116 valence electrons. The van der Waals surface area contributed by atoms with Crippen molar-refractivity contribution in [3.05, 3.63) is 36.5 Å². The molecular weight excluding hydrogens is 284 g/mol. The van der Waals surface area contributed by atoms with Gasteiger partial charge in [-0.1, -0.05) is 6.08 Å². The lowest BCUT2D eigenvalue weighted by atomic mass is 10.3. The Labute approximate surface area is 126 Å². The van der Waals surface area contributed by atoms with Gasteiger partial charge in [-0.2, -0.15) is 0 Å². The van der Waals surface area contributed by atoms with E-state index < -0.39 is 16.6 Å². The van der Waals surface area contributed by atoms with Crippen LogP contribution >= 0.6 is 0 Å². The predicted octanol–water partition coefficient (Wildman–Crippen LogP) is 5.03. The van der Waals surface area contributed by atoms with Crippen LogP contribution in [-0.2, 0) is 13.6 Å². The summed E-state index contributed by atoms with van der Waals surface area (Å²) < 4.78 is 17.6. The molecule has 0 atom stereocenters. The number of hydrogen-bond acceptors (Lipinski definition) is 3. The second-order valence-corrected chi connectivity index (χ2v) is 15.3. The van der Waals surface area contributed by atoms with Gasteiger partial charge in [0, 0.05) is 0 Å². The van der Waals surface area contributed by atoms with Crippen molar-refractivity contribution in [2.75, 3.05) is 6.61 Å². The third-order valence-electron chi connectivity index (χ3n) is 1.86. The van der Waals surface area contributed by atoms with E-state index in [0.29, 0.717) is 12.6 Å². The molecule has 0 heterocycles. The Morgan fingerprint density at radius 1 is 1.00 bits per heavy atom. The summed E-state index contributed by atoms with van der Waals surface area (Å²) in [5.41, 5.74) is 0. The zero-order valence-corrected chi connectivity index (χ0v) is 16.1. The lowest BCUT2D eigenvalue weighted by molar-refractivity contribution is 0.111. The highest BCUT2D eigenvalue weighted by atomic mass is 28.4. The fourth-order valence-corrected chi connectivity index (χ4v) is 2.91. The molecule has 0 rings (SSSR count). The minimum absolute atomic E-state index is 0.556. The van der Waals surface area contributed by atoms with Crippen LogP contribution in [0.1, 0.15) is 13.3 Å². The molecule has 0 bridgehead atoms. The quantitative estimate of drug-likeness (QED) is 0.259. The summed E-state index contributed by atoms with van der Waals surface area (Å²) in [6.45, 7) is 19.1.